The Balaban J connectivity index is 1.55. The quantitative estimate of drug-likeness (QED) is 0.428. The van der Waals surface area contributed by atoms with Gasteiger partial charge in [-0.25, -0.2) is 19.6 Å². The van der Waals surface area contributed by atoms with E-state index in [0.29, 0.717) is 41.6 Å². The third-order valence-corrected chi connectivity index (χ3v) is 7.15. The van der Waals surface area contributed by atoms with E-state index < -0.39 is 23.4 Å². The first-order valence-electron chi connectivity index (χ1n) is 13.5. The maximum atomic E-state index is 13.3. The van der Waals surface area contributed by atoms with Crippen LogP contribution in [0.15, 0.2) is 15.8 Å². The van der Waals surface area contributed by atoms with Crippen LogP contribution in [-0.2, 0) is 29.7 Å². The minimum atomic E-state index is -0.716. The first-order chi connectivity index (χ1) is 19.6. The summed E-state index contributed by atoms with van der Waals surface area (Å²) in [5.74, 6) is 11.9. The lowest BCUT2D eigenvalue weighted by atomic mass is 10.0. The second-order valence-corrected chi connectivity index (χ2v) is 9.97. The van der Waals surface area contributed by atoms with Crippen molar-refractivity contribution in [1.29, 1.82) is 0 Å². The van der Waals surface area contributed by atoms with E-state index in [2.05, 4.69) is 48.7 Å². The van der Waals surface area contributed by atoms with E-state index in [4.69, 9.17) is 0 Å². The minimum Gasteiger partial charge on any atom is -0.453 e. The molecule has 4 heterocycles. The van der Waals surface area contributed by atoms with Crippen molar-refractivity contribution in [2.45, 2.75) is 65.7 Å². The van der Waals surface area contributed by atoms with Crippen LogP contribution in [0.5, 0.6) is 0 Å². The number of ether oxygens (including phenoxy) is 1. The van der Waals surface area contributed by atoms with Crippen molar-refractivity contribution in [2.75, 3.05) is 13.7 Å². The molecule has 4 rings (SSSR count). The van der Waals surface area contributed by atoms with Gasteiger partial charge in [0, 0.05) is 26.7 Å². The molecule has 0 aliphatic carbocycles. The van der Waals surface area contributed by atoms with Crippen LogP contribution in [0.2, 0.25) is 0 Å². The van der Waals surface area contributed by atoms with E-state index in [1.165, 1.54) is 16.2 Å². The SMILES string of the molecule is CCn1c(=O)c2c(nc(C#CC#Cc3cnc([C@@H]4CCCN4C(=O)[C@@H](NC(=O)OC)C(C)C)[nH]3)n2C)n(CC)c1=O. The predicted molar refractivity (Wildman–Crippen MR) is 151 cm³/mol. The zero-order valence-corrected chi connectivity index (χ0v) is 24.1. The fourth-order valence-corrected chi connectivity index (χ4v) is 4.99. The highest BCUT2D eigenvalue weighted by Crippen LogP contribution is 2.31. The topological polar surface area (TPSA) is 149 Å². The van der Waals surface area contributed by atoms with Crippen molar-refractivity contribution in [3.05, 3.63) is 44.4 Å². The Kier molecular flexibility index (Phi) is 8.67. The molecule has 13 nitrogen and oxygen atoms in total. The fraction of sp³-hybridized carbons (Fsp3) is 0.500. The Morgan fingerprint density at radius 1 is 1.17 bits per heavy atom. The van der Waals surface area contributed by atoms with Gasteiger partial charge in [-0.15, -0.1) is 0 Å². The van der Waals surface area contributed by atoms with Crippen molar-refractivity contribution in [2.24, 2.45) is 13.0 Å². The molecule has 13 heteroatoms. The van der Waals surface area contributed by atoms with E-state index in [0.717, 1.165) is 12.8 Å². The summed E-state index contributed by atoms with van der Waals surface area (Å²) in [5.41, 5.74) is 0.319. The van der Waals surface area contributed by atoms with Crippen molar-refractivity contribution >= 4 is 23.2 Å². The Hall–Kier alpha value is -4.78. The number of methoxy groups -OCH3 is 1. The van der Waals surface area contributed by atoms with Crippen LogP contribution in [0.25, 0.3) is 11.2 Å². The number of rotatable bonds is 6. The van der Waals surface area contributed by atoms with E-state index in [1.54, 1.807) is 29.6 Å². The van der Waals surface area contributed by atoms with Gasteiger partial charge in [0.2, 0.25) is 5.91 Å². The number of nitrogens with zero attached hydrogens (tertiary/aromatic N) is 6. The van der Waals surface area contributed by atoms with E-state index in [1.807, 2.05) is 20.8 Å². The molecule has 1 saturated heterocycles. The molecule has 2 N–H and O–H groups in total. The summed E-state index contributed by atoms with van der Waals surface area (Å²) in [6.45, 7) is 8.46. The average Bonchev–Trinajstić information content (AvgIpc) is 3.69. The molecule has 0 aromatic carbocycles. The number of fused-ring (bicyclic) bond motifs is 1. The van der Waals surface area contributed by atoms with Crippen LogP contribution >= 0.6 is 0 Å². The fourth-order valence-electron chi connectivity index (χ4n) is 4.99. The second kappa shape index (κ2) is 12.2. The summed E-state index contributed by atoms with van der Waals surface area (Å²) in [4.78, 5) is 64.4. The number of carbonyl (C=O) groups is 2. The lowest BCUT2D eigenvalue weighted by Crippen LogP contribution is -2.51. The van der Waals surface area contributed by atoms with Crippen molar-refractivity contribution in [1.82, 2.24) is 38.9 Å². The normalized spacial score (nSPS) is 15.3. The van der Waals surface area contributed by atoms with Crippen LogP contribution in [0, 0.1) is 29.6 Å². The molecule has 0 bridgehead atoms. The number of likely N-dealkylation sites (tertiary alicyclic amines) is 1. The van der Waals surface area contributed by atoms with E-state index in [-0.39, 0.29) is 24.4 Å². The monoisotopic (exact) mass is 562 g/mol. The van der Waals surface area contributed by atoms with Crippen molar-refractivity contribution < 1.29 is 14.3 Å². The summed E-state index contributed by atoms with van der Waals surface area (Å²) < 4.78 is 8.89. The Morgan fingerprint density at radius 3 is 2.54 bits per heavy atom. The maximum absolute atomic E-state index is 13.3. The van der Waals surface area contributed by atoms with Gasteiger partial charge in [0.05, 0.1) is 19.3 Å². The number of hydrogen-bond acceptors (Lipinski definition) is 7. The highest BCUT2D eigenvalue weighted by Gasteiger charge is 2.37. The zero-order valence-electron chi connectivity index (χ0n) is 24.1. The minimum absolute atomic E-state index is 0.127. The van der Waals surface area contributed by atoms with Gasteiger partial charge in [0.15, 0.2) is 17.0 Å². The molecule has 2 atom stereocenters. The van der Waals surface area contributed by atoms with Gasteiger partial charge in [-0.3, -0.25) is 18.7 Å². The van der Waals surface area contributed by atoms with Gasteiger partial charge in [-0.1, -0.05) is 13.8 Å². The smallest absolute Gasteiger partial charge is 0.407 e. The van der Waals surface area contributed by atoms with Crippen molar-refractivity contribution in [3.63, 3.8) is 0 Å². The third kappa shape index (κ3) is 5.61. The van der Waals surface area contributed by atoms with Gasteiger partial charge in [0.25, 0.3) is 5.56 Å². The van der Waals surface area contributed by atoms with Crippen LogP contribution in [-0.4, -0.2) is 65.2 Å². The Labute approximate surface area is 236 Å². The standard InChI is InChI=1S/C28H34N8O5/c1-7-34-24-22(26(38)35(8-2)28(34)40)33(5)20(31-24)14-10-9-12-18-16-29-23(30-18)19-13-11-15-36(19)25(37)21(17(3)4)32-27(39)41-6/h16-17,19,21H,7-8,11,13,15H2,1-6H3,(H,29,30)(H,32,39)/t19-,21-/m0/s1. The number of carbonyl (C=O) groups excluding carboxylic acids is 2. The Morgan fingerprint density at radius 2 is 1.88 bits per heavy atom. The number of nitrogens with one attached hydrogen (secondary N) is 2. The van der Waals surface area contributed by atoms with Crippen LogP contribution in [0.1, 0.15) is 63.9 Å². The van der Waals surface area contributed by atoms with Gasteiger partial charge >= 0.3 is 11.8 Å². The number of aryl methyl sites for hydroxylation is 2. The summed E-state index contributed by atoms with van der Waals surface area (Å²) >= 11 is 0. The first-order valence-corrected chi connectivity index (χ1v) is 13.5. The third-order valence-electron chi connectivity index (χ3n) is 7.15. The number of H-pyrrole nitrogens is 1. The summed E-state index contributed by atoms with van der Waals surface area (Å²) in [7, 11) is 2.94. The number of imidazole rings is 2. The molecule has 3 aromatic heterocycles. The largest absolute Gasteiger partial charge is 0.453 e. The lowest BCUT2D eigenvalue weighted by molar-refractivity contribution is -0.135. The van der Waals surface area contributed by atoms with Gasteiger partial charge in [-0.2, -0.15) is 0 Å². The van der Waals surface area contributed by atoms with Gasteiger partial charge in [-0.05, 0) is 56.3 Å². The Bertz CT molecular complexity index is 1720. The summed E-state index contributed by atoms with van der Waals surface area (Å²) in [5, 5.41) is 2.64. The number of amides is 2. The molecule has 216 valence electrons. The van der Waals surface area contributed by atoms with Gasteiger partial charge < -0.3 is 24.5 Å². The van der Waals surface area contributed by atoms with Crippen molar-refractivity contribution in [3.8, 4) is 23.7 Å². The molecule has 0 spiro atoms. The molecule has 3 aromatic rings. The summed E-state index contributed by atoms with van der Waals surface area (Å²) in [6, 6.07) is -0.986. The number of hydrogen-bond donors (Lipinski definition) is 2. The molecule has 0 radical (unpaired) electrons. The molecule has 2 amide bonds. The highest BCUT2D eigenvalue weighted by atomic mass is 16.5. The summed E-state index contributed by atoms with van der Waals surface area (Å²) in [6.07, 6.45) is 2.46. The number of aromatic amines is 1. The molecule has 1 aliphatic heterocycles. The lowest BCUT2D eigenvalue weighted by Gasteiger charge is -2.29. The highest BCUT2D eigenvalue weighted by molar-refractivity contribution is 5.86. The molecular weight excluding hydrogens is 528 g/mol. The molecule has 41 heavy (non-hydrogen) atoms. The number of aromatic nitrogens is 6. The molecular formula is C28H34N8O5. The predicted octanol–water partition coefficient (Wildman–Crippen LogP) is 1.11. The second-order valence-electron chi connectivity index (χ2n) is 9.97. The van der Waals surface area contributed by atoms with E-state index in [9.17, 15) is 19.2 Å². The first kappa shape index (κ1) is 29.2. The van der Waals surface area contributed by atoms with Crippen LogP contribution < -0.4 is 16.6 Å². The molecule has 1 aliphatic rings. The maximum Gasteiger partial charge on any atom is 0.407 e. The van der Waals surface area contributed by atoms with Gasteiger partial charge in [0.1, 0.15) is 17.6 Å². The average molecular weight is 563 g/mol. The molecule has 1 fully saturated rings. The zero-order chi connectivity index (χ0) is 29.8. The van der Waals surface area contributed by atoms with Crippen LogP contribution in [0.4, 0.5) is 4.79 Å². The number of alkyl carbamates (subject to hydrolysis) is 1. The molecule has 0 saturated carbocycles. The molecule has 0 unspecified atom stereocenters. The van der Waals surface area contributed by atoms with E-state index >= 15 is 0 Å². The van der Waals surface area contributed by atoms with Crippen LogP contribution in [0.3, 0.4) is 0 Å².